The molecule has 1 aromatic carbocycles. The summed E-state index contributed by atoms with van der Waals surface area (Å²) in [6, 6.07) is 7.24. The molecule has 5 heteroatoms. The summed E-state index contributed by atoms with van der Waals surface area (Å²) in [5.74, 6) is 0.257. The number of rotatable bonds is 2. The van der Waals surface area contributed by atoms with Crippen LogP contribution in [0.25, 0.3) is 11.3 Å². The molecule has 0 aliphatic carbocycles. The van der Waals surface area contributed by atoms with E-state index in [0.717, 1.165) is 0 Å². The Morgan fingerprint density at radius 2 is 1.95 bits per heavy atom. The summed E-state index contributed by atoms with van der Waals surface area (Å²) in [5, 5.41) is 7.42. The number of halogens is 1. The highest BCUT2D eigenvalue weighted by molar-refractivity contribution is 6.33. The normalized spacial score (nSPS) is 11.4. The average Bonchev–Trinajstić information content (AvgIpc) is 2.69. The van der Waals surface area contributed by atoms with Gasteiger partial charge in [0, 0.05) is 11.1 Å². The minimum Gasteiger partial charge on any atom is -0.360 e. The van der Waals surface area contributed by atoms with E-state index >= 15 is 0 Å². The van der Waals surface area contributed by atoms with Crippen molar-refractivity contribution in [2.75, 3.05) is 0 Å². The maximum absolute atomic E-state index is 12.4. The zero-order valence-corrected chi connectivity index (χ0v) is 12.7. The third-order valence-corrected chi connectivity index (χ3v) is 3.04. The standard InChI is InChI=1S/C15H17ClN2O2/c1-9-12(14(19)17-15(2,3)4)13(18-20-9)10-7-5-6-8-11(10)16/h5-8H,1-4H3,(H,17,19). The highest BCUT2D eigenvalue weighted by Crippen LogP contribution is 2.31. The molecule has 0 radical (unpaired) electrons. The Bertz CT molecular complexity index is 642. The van der Waals surface area contributed by atoms with Crippen molar-refractivity contribution >= 4 is 17.5 Å². The fraction of sp³-hybridized carbons (Fsp3) is 0.333. The Balaban J connectivity index is 2.48. The molecule has 0 aliphatic rings. The van der Waals surface area contributed by atoms with Gasteiger partial charge in [0.15, 0.2) is 0 Å². The zero-order chi connectivity index (χ0) is 14.9. The van der Waals surface area contributed by atoms with Gasteiger partial charge in [-0.25, -0.2) is 0 Å². The van der Waals surface area contributed by atoms with Gasteiger partial charge in [-0.15, -0.1) is 0 Å². The van der Waals surface area contributed by atoms with E-state index in [1.54, 1.807) is 13.0 Å². The number of hydrogen-bond acceptors (Lipinski definition) is 3. The molecule has 2 aromatic rings. The largest absolute Gasteiger partial charge is 0.360 e. The van der Waals surface area contributed by atoms with Crippen LogP contribution in [0.15, 0.2) is 28.8 Å². The molecule has 0 atom stereocenters. The first kappa shape index (κ1) is 14.6. The molecular formula is C15H17ClN2O2. The van der Waals surface area contributed by atoms with Crippen molar-refractivity contribution in [3.63, 3.8) is 0 Å². The number of hydrogen-bond donors (Lipinski definition) is 1. The third kappa shape index (κ3) is 3.02. The zero-order valence-electron chi connectivity index (χ0n) is 12.0. The van der Waals surface area contributed by atoms with Crippen LogP contribution in [-0.2, 0) is 0 Å². The monoisotopic (exact) mass is 292 g/mol. The lowest BCUT2D eigenvalue weighted by Crippen LogP contribution is -2.40. The molecule has 0 unspecified atom stereocenters. The van der Waals surface area contributed by atoms with Crippen LogP contribution in [0.1, 0.15) is 36.9 Å². The minimum absolute atomic E-state index is 0.217. The lowest BCUT2D eigenvalue weighted by Gasteiger charge is -2.20. The highest BCUT2D eigenvalue weighted by atomic mass is 35.5. The molecule has 20 heavy (non-hydrogen) atoms. The molecule has 0 bridgehead atoms. The van der Waals surface area contributed by atoms with Crippen LogP contribution in [0, 0.1) is 6.92 Å². The van der Waals surface area contributed by atoms with Crippen LogP contribution < -0.4 is 5.32 Å². The van der Waals surface area contributed by atoms with Gasteiger partial charge in [-0.05, 0) is 33.8 Å². The molecule has 2 rings (SSSR count). The molecule has 0 aliphatic heterocycles. The maximum Gasteiger partial charge on any atom is 0.257 e. The first-order valence-corrected chi connectivity index (χ1v) is 6.71. The van der Waals surface area contributed by atoms with Gasteiger partial charge in [-0.1, -0.05) is 35.0 Å². The Labute approximate surface area is 123 Å². The summed E-state index contributed by atoms with van der Waals surface area (Å²) in [7, 11) is 0. The number of carbonyl (C=O) groups excluding carboxylic acids is 1. The quantitative estimate of drug-likeness (QED) is 0.915. The number of nitrogens with one attached hydrogen (secondary N) is 1. The van der Waals surface area contributed by atoms with Crippen molar-refractivity contribution in [2.45, 2.75) is 33.2 Å². The van der Waals surface area contributed by atoms with Crippen LogP contribution in [0.5, 0.6) is 0 Å². The van der Waals surface area contributed by atoms with Gasteiger partial charge in [-0.2, -0.15) is 0 Å². The number of carbonyl (C=O) groups is 1. The van der Waals surface area contributed by atoms with Gasteiger partial charge >= 0.3 is 0 Å². The van der Waals surface area contributed by atoms with Gasteiger partial charge in [0.25, 0.3) is 5.91 Å². The molecular weight excluding hydrogens is 276 g/mol. The Morgan fingerprint density at radius 1 is 1.30 bits per heavy atom. The molecule has 0 saturated heterocycles. The van der Waals surface area contributed by atoms with E-state index in [9.17, 15) is 4.79 Å². The number of aromatic nitrogens is 1. The fourth-order valence-corrected chi connectivity index (χ4v) is 2.10. The molecule has 1 N–H and O–H groups in total. The van der Waals surface area contributed by atoms with E-state index in [1.807, 2.05) is 39.0 Å². The molecule has 0 fully saturated rings. The molecule has 106 valence electrons. The Morgan fingerprint density at radius 3 is 2.55 bits per heavy atom. The summed E-state index contributed by atoms with van der Waals surface area (Å²) < 4.78 is 5.17. The second-order valence-corrected chi connectivity index (χ2v) is 6.05. The number of aryl methyl sites for hydroxylation is 1. The van der Waals surface area contributed by atoms with Crippen LogP contribution >= 0.6 is 11.6 Å². The van der Waals surface area contributed by atoms with E-state index in [-0.39, 0.29) is 11.4 Å². The summed E-state index contributed by atoms with van der Waals surface area (Å²) >= 11 is 6.16. The topological polar surface area (TPSA) is 55.1 Å². The van der Waals surface area contributed by atoms with E-state index in [0.29, 0.717) is 27.6 Å². The highest BCUT2D eigenvalue weighted by Gasteiger charge is 2.25. The second kappa shape index (κ2) is 5.29. The second-order valence-electron chi connectivity index (χ2n) is 5.65. The first-order valence-electron chi connectivity index (χ1n) is 6.33. The van der Waals surface area contributed by atoms with Crippen molar-refractivity contribution in [1.82, 2.24) is 10.5 Å². The number of amides is 1. The fourth-order valence-electron chi connectivity index (χ4n) is 1.88. The number of nitrogens with zero attached hydrogens (tertiary/aromatic N) is 1. The van der Waals surface area contributed by atoms with Gasteiger partial charge in [0.05, 0.1) is 5.02 Å². The van der Waals surface area contributed by atoms with Crippen molar-refractivity contribution in [3.8, 4) is 11.3 Å². The molecule has 0 spiro atoms. The summed E-state index contributed by atoms with van der Waals surface area (Å²) in [6.45, 7) is 7.47. The van der Waals surface area contributed by atoms with E-state index in [4.69, 9.17) is 16.1 Å². The molecule has 1 aromatic heterocycles. The summed E-state index contributed by atoms with van der Waals surface area (Å²) in [6.07, 6.45) is 0. The lowest BCUT2D eigenvalue weighted by molar-refractivity contribution is 0.0918. The molecule has 1 amide bonds. The molecule has 1 heterocycles. The minimum atomic E-state index is -0.335. The van der Waals surface area contributed by atoms with Crippen LogP contribution in [0.3, 0.4) is 0 Å². The summed E-state index contributed by atoms with van der Waals surface area (Å²) in [4.78, 5) is 12.4. The van der Waals surface area contributed by atoms with Crippen LogP contribution in [0.4, 0.5) is 0 Å². The smallest absolute Gasteiger partial charge is 0.257 e. The van der Waals surface area contributed by atoms with Crippen LogP contribution in [0.2, 0.25) is 5.02 Å². The van der Waals surface area contributed by atoms with Gasteiger partial charge < -0.3 is 9.84 Å². The van der Waals surface area contributed by atoms with Crippen molar-refractivity contribution in [2.24, 2.45) is 0 Å². The summed E-state index contributed by atoms with van der Waals surface area (Å²) in [5.41, 5.74) is 1.24. The molecule has 4 nitrogen and oxygen atoms in total. The molecule has 0 saturated carbocycles. The third-order valence-electron chi connectivity index (χ3n) is 2.71. The Hall–Kier alpha value is -1.81. The van der Waals surface area contributed by atoms with E-state index in [1.165, 1.54) is 0 Å². The van der Waals surface area contributed by atoms with Gasteiger partial charge in [-0.3, -0.25) is 4.79 Å². The van der Waals surface area contributed by atoms with Crippen molar-refractivity contribution in [1.29, 1.82) is 0 Å². The lowest BCUT2D eigenvalue weighted by atomic mass is 10.0. The maximum atomic E-state index is 12.4. The average molecular weight is 293 g/mol. The van der Waals surface area contributed by atoms with E-state index < -0.39 is 0 Å². The Kier molecular flexibility index (Phi) is 3.86. The number of benzene rings is 1. The predicted octanol–water partition coefficient (Wildman–Crippen LogP) is 3.83. The predicted molar refractivity (Wildman–Crippen MR) is 78.9 cm³/mol. The van der Waals surface area contributed by atoms with Gasteiger partial charge in [0.2, 0.25) is 0 Å². The SMILES string of the molecule is Cc1onc(-c2ccccc2Cl)c1C(=O)NC(C)(C)C. The van der Waals surface area contributed by atoms with Gasteiger partial charge in [0.1, 0.15) is 17.0 Å². The van der Waals surface area contributed by atoms with Crippen molar-refractivity contribution < 1.29 is 9.32 Å². The van der Waals surface area contributed by atoms with Crippen LogP contribution in [-0.4, -0.2) is 16.6 Å². The first-order chi connectivity index (χ1) is 9.29. The van der Waals surface area contributed by atoms with Crippen molar-refractivity contribution in [3.05, 3.63) is 40.6 Å². The van der Waals surface area contributed by atoms with E-state index in [2.05, 4.69) is 10.5 Å².